The van der Waals surface area contributed by atoms with Crippen molar-refractivity contribution >= 4 is 16.7 Å². The van der Waals surface area contributed by atoms with Crippen LogP contribution in [0.3, 0.4) is 0 Å². The summed E-state index contributed by atoms with van der Waals surface area (Å²) in [6, 6.07) is 0.333. The average Bonchev–Trinajstić information content (AvgIpc) is 2.95. The molecule has 96 valence electrons. The first-order valence-electron chi connectivity index (χ1n) is 6.38. The van der Waals surface area contributed by atoms with Crippen molar-refractivity contribution in [1.29, 1.82) is 0 Å². The molecule has 0 fully saturated rings. The van der Waals surface area contributed by atoms with Crippen LogP contribution in [0.1, 0.15) is 42.9 Å². The Labute approximate surface area is 110 Å². The molecular formula is C12H17N5S. The minimum absolute atomic E-state index is 0.333. The maximum atomic E-state index is 4.51. The Bertz CT molecular complexity index is 544. The quantitative estimate of drug-likeness (QED) is 0.923. The van der Waals surface area contributed by atoms with Gasteiger partial charge in [-0.3, -0.25) is 4.68 Å². The number of nitrogens with one attached hydrogen (secondary N) is 1. The minimum Gasteiger partial charge on any atom is -0.353 e. The lowest BCUT2D eigenvalue weighted by Crippen LogP contribution is -2.16. The van der Waals surface area contributed by atoms with Crippen LogP contribution < -0.4 is 5.32 Å². The molecule has 5 nitrogen and oxygen atoms in total. The molecule has 6 heteroatoms. The van der Waals surface area contributed by atoms with Gasteiger partial charge in [0.2, 0.25) is 5.13 Å². The fourth-order valence-electron chi connectivity index (χ4n) is 2.42. The van der Waals surface area contributed by atoms with E-state index in [-0.39, 0.29) is 0 Å². The smallest absolute Gasteiger partial charge is 0.203 e. The highest BCUT2D eigenvalue weighted by molar-refractivity contribution is 7.09. The molecule has 18 heavy (non-hydrogen) atoms. The van der Waals surface area contributed by atoms with Crippen molar-refractivity contribution < 1.29 is 0 Å². The predicted octanol–water partition coefficient (Wildman–Crippen LogP) is 2.32. The van der Waals surface area contributed by atoms with E-state index in [2.05, 4.69) is 32.9 Å². The standard InChI is InChI=1S/C12H17N5S/c1-3-11-14-12(18-16-11)13-9-5-4-6-10-8(9)7-17(2)15-10/h7,9H,3-6H2,1-2H3,(H,13,14,16)/t9-/m0/s1. The van der Waals surface area contributed by atoms with E-state index in [1.807, 2.05) is 11.7 Å². The molecule has 1 aliphatic rings. The number of nitrogens with zero attached hydrogens (tertiary/aromatic N) is 4. The molecule has 0 saturated carbocycles. The van der Waals surface area contributed by atoms with Crippen molar-refractivity contribution in [2.24, 2.45) is 7.05 Å². The maximum absolute atomic E-state index is 4.51. The van der Waals surface area contributed by atoms with E-state index in [1.165, 1.54) is 29.2 Å². The molecule has 2 aromatic heterocycles. The van der Waals surface area contributed by atoms with Gasteiger partial charge < -0.3 is 5.32 Å². The van der Waals surface area contributed by atoms with Gasteiger partial charge in [0, 0.05) is 36.8 Å². The summed E-state index contributed by atoms with van der Waals surface area (Å²) < 4.78 is 6.21. The Morgan fingerprint density at radius 3 is 3.22 bits per heavy atom. The van der Waals surface area contributed by atoms with Crippen LogP contribution in [0.5, 0.6) is 0 Å². The average molecular weight is 263 g/mol. The van der Waals surface area contributed by atoms with Gasteiger partial charge in [0.25, 0.3) is 0 Å². The second-order valence-electron chi connectivity index (χ2n) is 4.66. The first-order valence-corrected chi connectivity index (χ1v) is 7.15. The Morgan fingerprint density at radius 1 is 1.56 bits per heavy atom. The zero-order valence-electron chi connectivity index (χ0n) is 10.7. The summed E-state index contributed by atoms with van der Waals surface area (Å²) in [4.78, 5) is 4.47. The Balaban J connectivity index is 1.81. The Kier molecular flexibility index (Phi) is 3.03. The lowest BCUT2D eigenvalue weighted by molar-refractivity contribution is 0.592. The normalized spacial score (nSPS) is 18.7. The van der Waals surface area contributed by atoms with E-state index in [9.17, 15) is 0 Å². The molecule has 0 bridgehead atoms. The van der Waals surface area contributed by atoms with Gasteiger partial charge in [-0.1, -0.05) is 6.92 Å². The summed E-state index contributed by atoms with van der Waals surface area (Å²) in [6.07, 6.45) is 6.42. The SMILES string of the molecule is CCc1nsc(N[C@H]2CCCc3nn(C)cc32)n1. The first-order chi connectivity index (χ1) is 8.76. The number of aromatic nitrogens is 4. The van der Waals surface area contributed by atoms with Crippen LogP contribution in [0.25, 0.3) is 0 Å². The summed E-state index contributed by atoms with van der Waals surface area (Å²) >= 11 is 1.45. The van der Waals surface area contributed by atoms with E-state index in [0.29, 0.717) is 6.04 Å². The third kappa shape index (κ3) is 2.12. The highest BCUT2D eigenvalue weighted by Gasteiger charge is 2.23. The van der Waals surface area contributed by atoms with Gasteiger partial charge in [-0.15, -0.1) is 0 Å². The fourth-order valence-corrected chi connectivity index (χ4v) is 3.13. The molecule has 0 spiro atoms. The largest absolute Gasteiger partial charge is 0.353 e. The summed E-state index contributed by atoms with van der Waals surface area (Å²) in [5, 5.41) is 8.93. The van der Waals surface area contributed by atoms with Crippen molar-refractivity contribution in [1.82, 2.24) is 19.1 Å². The third-order valence-electron chi connectivity index (χ3n) is 3.30. The highest BCUT2D eigenvalue weighted by atomic mass is 32.1. The summed E-state index contributed by atoms with van der Waals surface area (Å²) in [7, 11) is 1.98. The summed E-state index contributed by atoms with van der Waals surface area (Å²) in [6.45, 7) is 2.08. The van der Waals surface area contributed by atoms with Gasteiger partial charge in [-0.05, 0) is 19.3 Å². The number of hydrogen-bond donors (Lipinski definition) is 1. The van der Waals surface area contributed by atoms with Crippen molar-refractivity contribution in [3.8, 4) is 0 Å². The minimum atomic E-state index is 0.333. The lowest BCUT2D eigenvalue weighted by atomic mass is 9.93. The van der Waals surface area contributed by atoms with Crippen molar-refractivity contribution in [3.05, 3.63) is 23.3 Å². The van der Waals surface area contributed by atoms with Crippen LogP contribution >= 0.6 is 11.5 Å². The maximum Gasteiger partial charge on any atom is 0.203 e. The number of hydrogen-bond acceptors (Lipinski definition) is 5. The molecule has 1 N–H and O–H groups in total. The van der Waals surface area contributed by atoms with Crippen molar-refractivity contribution in [3.63, 3.8) is 0 Å². The van der Waals surface area contributed by atoms with E-state index < -0.39 is 0 Å². The van der Waals surface area contributed by atoms with Crippen LogP contribution in [0.15, 0.2) is 6.20 Å². The van der Waals surface area contributed by atoms with Gasteiger partial charge in [-0.25, -0.2) is 4.98 Å². The first kappa shape index (κ1) is 11.6. The molecule has 0 saturated heterocycles. The molecule has 0 radical (unpaired) electrons. The van der Waals surface area contributed by atoms with Gasteiger partial charge in [-0.2, -0.15) is 9.47 Å². The van der Waals surface area contributed by atoms with Crippen LogP contribution in [-0.4, -0.2) is 19.1 Å². The van der Waals surface area contributed by atoms with Gasteiger partial charge in [0.15, 0.2) is 0 Å². The molecule has 2 aromatic rings. The topological polar surface area (TPSA) is 55.6 Å². The van der Waals surface area contributed by atoms with Crippen LogP contribution in [-0.2, 0) is 19.9 Å². The number of rotatable bonds is 3. The summed E-state index contributed by atoms with van der Waals surface area (Å²) in [5.74, 6) is 0.921. The zero-order valence-corrected chi connectivity index (χ0v) is 11.5. The van der Waals surface area contributed by atoms with Gasteiger partial charge in [0.1, 0.15) is 5.82 Å². The van der Waals surface area contributed by atoms with E-state index in [1.54, 1.807) is 0 Å². The third-order valence-corrected chi connectivity index (χ3v) is 3.99. The van der Waals surface area contributed by atoms with E-state index in [0.717, 1.165) is 30.2 Å². The number of fused-ring (bicyclic) bond motifs is 1. The molecule has 0 aliphatic heterocycles. The molecular weight excluding hydrogens is 246 g/mol. The number of aryl methyl sites for hydroxylation is 3. The highest BCUT2D eigenvalue weighted by Crippen LogP contribution is 2.32. The zero-order chi connectivity index (χ0) is 12.5. The fraction of sp³-hybridized carbons (Fsp3) is 0.583. The molecule has 0 amide bonds. The number of anilines is 1. The molecule has 0 aromatic carbocycles. The Morgan fingerprint density at radius 2 is 2.44 bits per heavy atom. The van der Waals surface area contributed by atoms with Gasteiger partial charge in [0.05, 0.1) is 11.7 Å². The van der Waals surface area contributed by atoms with E-state index >= 15 is 0 Å². The van der Waals surface area contributed by atoms with Crippen LogP contribution in [0.2, 0.25) is 0 Å². The summed E-state index contributed by atoms with van der Waals surface area (Å²) in [5.41, 5.74) is 2.54. The molecule has 1 atom stereocenters. The van der Waals surface area contributed by atoms with Crippen LogP contribution in [0.4, 0.5) is 5.13 Å². The lowest BCUT2D eigenvalue weighted by Gasteiger charge is -2.21. The van der Waals surface area contributed by atoms with Crippen molar-refractivity contribution in [2.45, 2.75) is 38.6 Å². The second kappa shape index (κ2) is 4.68. The van der Waals surface area contributed by atoms with Crippen LogP contribution in [0, 0.1) is 0 Å². The van der Waals surface area contributed by atoms with Gasteiger partial charge >= 0.3 is 0 Å². The molecule has 2 heterocycles. The Hall–Kier alpha value is -1.43. The van der Waals surface area contributed by atoms with E-state index in [4.69, 9.17) is 0 Å². The predicted molar refractivity (Wildman–Crippen MR) is 71.8 cm³/mol. The molecule has 1 aliphatic carbocycles. The monoisotopic (exact) mass is 263 g/mol. The molecule has 0 unspecified atom stereocenters. The van der Waals surface area contributed by atoms with Crippen molar-refractivity contribution in [2.75, 3.05) is 5.32 Å². The molecule has 3 rings (SSSR count). The second-order valence-corrected chi connectivity index (χ2v) is 5.42.